The number of hydrogen-bond acceptors (Lipinski definition) is 1. The minimum Gasteiger partial charge on any atom is -0.330 e. The van der Waals surface area contributed by atoms with Gasteiger partial charge in [-0.05, 0) is 24.5 Å². The van der Waals surface area contributed by atoms with Gasteiger partial charge < -0.3 is 4.57 Å². The van der Waals surface area contributed by atoms with E-state index in [1.54, 1.807) is 12.4 Å². The quantitative estimate of drug-likeness (QED) is 0.754. The zero-order valence-electron chi connectivity index (χ0n) is 9.07. The Hall–Kier alpha value is -1.38. The summed E-state index contributed by atoms with van der Waals surface area (Å²) in [5.41, 5.74) is 1.36. The van der Waals surface area contributed by atoms with E-state index in [0.717, 1.165) is 18.5 Å². The zero-order valence-corrected chi connectivity index (χ0v) is 9.07. The highest BCUT2D eigenvalue weighted by atomic mass is 19.1. The number of imidazole rings is 1. The van der Waals surface area contributed by atoms with Crippen LogP contribution in [0.2, 0.25) is 0 Å². The molecule has 0 aliphatic heterocycles. The van der Waals surface area contributed by atoms with E-state index in [4.69, 9.17) is 0 Å². The molecule has 2 nitrogen and oxygen atoms in total. The molecular weight excluding hydrogens is 191 g/mol. The van der Waals surface area contributed by atoms with Gasteiger partial charge in [-0.3, -0.25) is 0 Å². The Labute approximate surface area is 88.7 Å². The first-order valence-corrected chi connectivity index (χ1v) is 5.28. The Morgan fingerprint density at radius 2 is 2.20 bits per heavy atom. The monoisotopic (exact) mass is 206 g/mol. The highest BCUT2D eigenvalue weighted by Gasteiger charge is 2.06. The number of aryl methyl sites for hydroxylation is 1. The van der Waals surface area contributed by atoms with Gasteiger partial charge in [0.15, 0.2) is 5.82 Å². The molecule has 0 unspecified atom stereocenters. The molecule has 1 aromatic carbocycles. The Morgan fingerprint density at radius 3 is 2.93 bits per heavy atom. The summed E-state index contributed by atoms with van der Waals surface area (Å²) in [6, 6.07) is 5.08. The van der Waals surface area contributed by atoms with Crippen LogP contribution in [0.3, 0.4) is 0 Å². The maximum Gasteiger partial charge on any atom is 0.151 e. The molecular formula is C12H15FN2. The first-order chi connectivity index (χ1) is 7.18. The molecule has 0 bridgehead atoms. The second-order valence-corrected chi connectivity index (χ2v) is 4.23. The first kappa shape index (κ1) is 10.1. The zero-order chi connectivity index (χ0) is 10.8. The van der Waals surface area contributed by atoms with Crippen LogP contribution in [0.1, 0.15) is 20.3 Å². The van der Waals surface area contributed by atoms with Gasteiger partial charge in [0.05, 0.1) is 11.8 Å². The number of fused-ring (bicyclic) bond motifs is 1. The van der Waals surface area contributed by atoms with Gasteiger partial charge >= 0.3 is 0 Å². The van der Waals surface area contributed by atoms with Crippen molar-refractivity contribution in [1.29, 1.82) is 0 Å². The van der Waals surface area contributed by atoms with Gasteiger partial charge in [-0.1, -0.05) is 19.9 Å². The molecule has 15 heavy (non-hydrogen) atoms. The van der Waals surface area contributed by atoms with Crippen LogP contribution in [0, 0.1) is 11.7 Å². The van der Waals surface area contributed by atoms with Crippen LogP contribution in [-0.4, -0.2) is 9.55 Å². The van der Waals surface area contributed by atoms with Crippen molar-refractivity contribution in [2.24, 2.45) is 5.92 Å². The maximum absolute atomic E-state index is 13.3. The number of nitrogens with zero attached hydrogens (tertiary/aromatic N) is 2. The normalized spacial score (nSPS) is 11.5. The lowest BCUT2D eigenvalue weighted by Gasteiger charge is -2.06. The average Bonchev–Trinajstić information content (AvgIpc) is 2.59. The topological polar surface area (TPSA) is 17.8 Å². The third-order valence-electron chi connectivity index (χ3n) is 2.55. The molecule has 0 saturated carbocycles. The number of aromatic nitrogens is 2. The molecule has 0 aliphatic carbocycles. The van der Waals surface area contributed by atoms with E-state index >= 15 is 0 Å². The van der Waals surface area contributed by atoms with Gasteiger partial charge in [0.25, 0.3) is 0 Å². The third-order valence-corrected chi connectivity index (χ3v) is 2.55. The predicted octanol–water partition coefficient (Wildman–Crippen LogP) is 3.22. The van der Waals surface area contributed by atoms with Gasteiger partial charge in [0.2, 0.25) is 0 Å². The molecule has 1 heterocycles. The second-order valence-electron chi connectivity index (χ2n) is 4.23. The lowest BCUT2D eigenvalue weighted by atomic mass is 10.1. The molecule has 1 aromatic heterocycles. The van der Waals surface area contributed by atoms with E-state index in [0.29, 0.717) is 11.4 Å². The van der Waals surface area contributed by atoms with Gasteiger partial charge in [0.1, 0.15) is 5.52 Å². The summed E-state index contributed by atoms with van der Waals surface area (Å²) in [6.45, 7) is 5.26. The van der Waals surface area contributed by atoms with Gasteiger partial charge in [-0.25, -0.2) is 9.37 Å². The van der Waals surface area contributed by atoms with Gasteiger partial charge in [-0.15, -0.1) is 0 Å². The van der Waals surface area contributed by atoms with Crippen LogP contribution in [0.15, 0.2) is 24.5 Å². The van der Waals surface area contributed by atoms with E-state index in [1.165, 1.54) is 6.07 Å². The third kappa shape index (κ3) is 2.01. The van der Waals surface area contributed by atoms with Gasteiger partial charge in [0, 0.05) is 6.54 Å². The van der Waals surface area contributed by atoms with Crippen molar-refractivity contribution in [2.45, 2.75) is 26.8 Å². The summed E-state index contributed by atoms with van der Waals surface area (Å²) in [7, 11) is 0. The predicted molar refractivity (Wildman–Crippen MR) is 59.1 cm³/mol. The highest BCUT2D eigenvalue weighted by molar-refractivity contribution is 5.75. The van der Waals surface area contributed by atoms with Gasteiger partial charge in [-0.2, -0.15) is 0 Å². The van der Waals surface area contributed by atoms with Crippen molar-refractivity contribution in [3.8, 4) is 0 Å². The standard InChI is InChI=1S/C12H15FN2/c1-9(2)6-7-15-8-14-12-10(13)4-3-5-11(12)15/h3-5,8-9H,6-7H2,1-2H3. The Balaban J connectivity index is 2.33. The molecule has 2 rings (SSSR count). The second kappa shape index (κ2) is 4.01. The fourth-order valence-electron chi connectivity index (χ4n) is 1.63. The lowest BCUT2D eigenvalue weighted by Crippen LogP contribution is -1.99. The van der Waals surface area contributed by atoms with Crippen LogP contribution >= 0.6 is 0 Å². The Morgan fingerprint density at radius 1 is 1.40 bits per heavy atom. The Kier molecular flexibility index (Phi) is 2.71. The fourth-order valence-corrected chi connectivity index (χ4v) is 1.63. The fraction of sp³-hybridized carbons (Fsp3) is 0.417. The minimum atomic E-state index is -0.240. The summed E-state index contributed by atoms with van der Waals surface area (Å²) < 4.78 is 15.3. The number of benzene rings is 1. The molecule has 0 aliphatic rings. The molecule has 0 N–H and O–H groups in total. The molecule has 0 spiro atoms. The molecule has 0 atom stereocenters. The number of halogens is 1. The first-order valence-electron chi connectivity index (χ1n) is 5.28. The van der Waals surface area contributed by atoms with Crippen molar-refractivity contribution in [3.63, 3.8) is 0 Å². The molecule has 0 amide bonds. The molecule has 0 saturated heterocycles. The smallest absolute Gasteiger partial charge is 0.151 e. The van der Waals surface area contributed by atoms with Crippen molar-refractivity contribution >= 4 is 11.0 Å². The molecule has 3 heteroatoms. The summed E-state index contributed by atoms with van der Waals surface area (Å²) in [4.78, 5) is 4.08. The number of rotatable bonds is 3. The van der Waals surface area contributed by atoms with Crippen LogP contribution in [0.25, 0.3) is 11.0 Å². The summed E-state index contributed by atoms with van der Waals surface area (Å²) in [5.74, 6) is 0.409. The molecule has 80 valence electrons. The molecule has 0 fully saturated rings. The Bertz CT molecular complexity index is 460. The van der Waals surface area contributed by atoms with Crippen LogP contribution < -0.4 is 0 Å². The van der Waals surface area contributed by atoms with Crippen LogP contribution in [-0.2, 0) is 6.54 Å². The lowest BCUT2D eigenvalue weighted by molar-refractivity contribution is 0.523. The van der Waals surface area contributed by atoms with Crippen molar-refractivity contribution in [2.75, 3.05) is 0 Å². The van der Waals surface area contributed by atoms with E-state index in [-0.39, 0.29) is 5.82 Å². The molecule has 2 aromatic rings. The van der Waals surface area contributed by atoms with E-state index in [2.05, 4.69) is 18.8 Å². The molecule has 0 radical (unpaired) electrons. The van der Waals surface area contributed by atoms with Crippen molar-refractivity contribution in [3.05, 3.63) is 30.3 Å². The highest BCUT2D eigenvalue weighted by Crippen LogP contribution is 2.16. The summed E-state index contributed by atoms with van der Waals surface area (Å²) in [6.07, 6.45) is 2.80. The van der Waals surface area contributed by atoms with Crippen molar-refractivity contribution in [1.82, 2.24) is 9.55 Å². The summed E-state index contributed by atoms with van der Waals surface area (Å²) in [5, 5.41) is 0. The van der Waals surface area contributed by atoms with E-state index < -0.39 is 0 Å². The van der Waals surface area contributed by atoms with Crippen LogP contribution in [0.4, 0.5) is 4.39 Å². The maximum atomic E-state index is 13.3. The van der Waals surface area contributed by atoms with E-state index in [1.807, 2.05) is 10.6 Å². The van der Waals surface area contributed by atoms with Crippen molar-refractivity contribution < 1.29 is 4.39 Å². The SMILES string of the molecule is CC(C)CCn1cnc2c(F)cccc21. The minimum absolute atomic E-state index is 0.240. The number of para-hydroxylation sites is 1. The average molecular weight is 206 g/mol. The largest absolute Gasteiger partial charge is 0.330 e. The van der Waals surface area contributed by atoms with E-state index in [9.17, 15) is 4.39 Å². The summed E-state index contributed by atoms with van der Waals surface area (Å²) >= 11 is 0. The van der Waals surface area contributed by atoms with Crippen LogP contribution in [0.5, 0.6) is 0 Å². The number of hydrogen-bond donors (Lipinski definition) is 0.